The van der Waals surface area contributed by atoms with Gasteiger partial charge in [0.1, 0.15) is 0 Å². The number of pyridine rings is 1. The molecule has 0 bridgehead atoms. The first-order chi connectivity index (χ1) is 13.9. The first kappa shape index (κ1) is 24.0. The van der Waals surface area contributed by atoms with Gasteiger partial charge in [-0.25, -0.2) is 4.79 Å². The second-order valence-electron chi connectivity index (χ2n) is 6.50. The molecule has 29 heavy (non-hydrogen) atoms. The van der Waals surface area contributed by atoms with Crippen molar-refractivity contribution in [3.63, 3.8) is 0 Å². The number of amides is 2. The molecule has 2 amide bonds. The van der Waals surface area contributed by atoms with Crippen molar-refractivity contribution in [2.45, 2.75) is 38.8 Å². The summed E-state index contributed by atoms with van der Waals surface area (Å²) >= 11 is 0. The van der Waals surface area contributed by atoms with Gasteiger partial charge in [0, 0.05) is 32.4 Å². The maximum absolute atomic E-state index is 13.0. The number of aromatic carboxylic acids is 1. The third-order valence-electron chi connectivity index (χ3n) is 4.14. The smallest absolute Gasteiger partial charge is 0.335 e. The number of hydrogen-bond acceptors (Lipinski definition) is 5. The third kappa shape index (κ3) is 8.69. The molecule has 0 aliphatic carbocycles. The van der Waals surface area contributed by atoms with Gasteiger partial charge in [-0.2, -0.15) is 0 Å². The van der Waals surface area contributed by atoms with Crippen LogP contribution in [-0.4, -0.2) is 58.5 Å². The van der Waals surface area contributed by atoms with Gasteiger partial charge < -0.3 is 15.3 Å². The van der Waals surface area contributed by atoms with Crippen LogP contribution in [0.4, 0.5) is 0 Å². The van der Waals surface area contributed by atoms with E-state index in [4.69, 9.17) is 5.11 Å². The highest BCUT2D eigenvalue weighted by Gasteiger charge is 2.25. The normalized spacial score (nSPS) is 11.3. The standard InChI is InChI=1S/C21H30N4O4/c1-4-7-9-23-19(26)14-18(20(27)25(11-5-2)12-6-3)24-15-17-13-16(21(28)29)8-10-22-17/h5-6,8,10,13,18,24H,2-4,7,9,11-12,14-15H2,1H3,(H,23,26)(H,28,29)/t18-/m1/s1. The Balaban J connectivity index is 2.90. The average molecular weight is 402 g/mol. The number of hydrogen-bond donors (Lipinski definition) is 3. The minimum Gasteiger partial charge on any atom is -0.478 e. The Labute approximate surface area is 171 Å². The van der Waals surface area contributed by atoms with Crippen molar-refractivity contribution in [3.05, 3.63) is 54.9 Å². The van der Waals surface area contributed by atoms with Gasteiger partial charge in [-0.3, -0.25) is 19.9 Å². The Morgan fingerprint density at radius 1 is 1.28 bits per heavy atom. The number of nitrogens with one attached hydrogen (secondary N) is 2. The molecule has 1 aromatic rings. The Morgan fingerprint density at radius 3 is 2.55 bits per heavy atom. The van der Waals surface area contributed by atoms with Crippen molar-refractivity contribution in [1.82, 2.24) is 20.5 Å². The summed E-state index contributed by atoms with van der Waals surface area (Å²) in [6, 6.07) is 2.04. The van der Waals surface area contributed by atoms with Gasteiger partial charge in [-0.05, 0) is 18.6 Å². The molecule has 0 saturated carbocycles. The molecular weight excluding hydrogens is 372 g/mol. The topological polar surface area (TPSA) is 112 Å². The molecule has 0 radical (unpaired) electrons. The quantitative estimate of drug-likeness (QED) is 0.323. The van der Waals surface area contributed by atoms with Crippen LogP contribution < -0.4 is 10.6 Å². The maximum Gasteiger partial charge on any atom is 0.335 e. The number of carboxylic acids is 1. The Bertz CT molecular complexity index is 710. The molecular formula is C21H30N4O4. The molecule has 0 aromatic carbocycles. The molecule has 1 atom stereocenters. The van der Waals surface area contributed by atoms with E-state index in [0.717, 1.165) is 12.8 Å². The summed E-state index contributed by atoms with van der Waals surface area (Å²) in [6.45, 7) is 10.7. The summed E-state index contributed by atoms with van der Waals surface area (Å²) in [4.78, 5) is 42.0. The largest absolute Gasteiger partial charge is 0.478 e. The van der Waals surface area contributed by atoms with E-state index in [9.17, 15) is 14.4 Å². The van der Waals surface area contributed by atoms with Crippen LogP contribution in [0.3, 0.4) is 0 Å². The summed E-state index contributed by atoms with van der Waals surface area (Å²) in [5, 5.41) is 15.0. The van der Waals surface area contributed by atoms with Gasteiger partial charge in [0.15, 0.2) is 0 Å². The number of rotatable bonds is 14. The number of unbranched alkanes of at least 4 members (excludes halogenated alkanes) is 1. The Morgan fingerprint density at radius 2 is 1.97 bits per heavy atom. The average Bonchev–Trinajstić information content (AvgIpc) is 2.70. The van der Waals surface area contributed by atoms with Crippen LogP contribution in [0.2, 0.25) is 0 Å². The van der Waals surface area contributed by atoms with Crippen LogP contribution in [0.15, 0.2) is 43.6 Å². The number of carboxylic acid groups (broad SMARTS) is 1. The van der Waals surface area contributed by atoms with Crippen LogP contribution >= 0.6 is 0 Å². The van der Waals surface area contributed by atoms with E-state index in [1.165, 1.54) is 23.2 Å². The summed E-state index contributed by atoms with van der Waals surface area (Å²) in [5.74, 6) is -1.54. The van der Waals surface area contributed by atoms with Gasteiger partial charge >= 0.3 is 5.97 Å². The fraction of sp³-hybridized carbons (Fsp3) is 0.429. The van der Waals surface area contributed by atoms with Gasteiger partial charge in [0.2, 0.25) is 11.8 Å². The molecule has 0 aliphatic heterocycles. The highest BCUT2D eigenvalue weighted by Crippen LogP contribution is 2.06. The molecule has 158 valence electrons. The lowest BCUT2D eigenvalue weighted by molar-refractivity contribution is -0.135. The van der Waals surface area contributed by atoms with Crippen LogP contribution in [-0.2, 0) is 16.1 Å². The van der Waals surface area contributed by atoms with Gasteiger partial charge in [-0.1, -0.05) is 25.5 Å². The van der Waals surface area contributed by atoms with E-state index < -0.39 is 12.0 Å². The molecule has 0 fully saturated rings. The lowest BCUT2D eigenvalue weighted by Gasteiger charge is -2.26. The predicted octanol–water partition coefficient (Wildman–Crippen LogP) is 1.74. The Hall–Kier alpha value is -3.00. The van der Waals surface area contributed by atoms with E-state index in [-0.39, 0.29) is 30.3 Å². The lowest BCUT2D eigenvalue weighted by atomic mass is 10.1. The van der Waals surface area contributed by atoms with Crippen LogP contribution in [0, 0.1) is 0 Å². The van der Waals surface area contributed by atoms with E-state index in [2.05, 4.69) is 28.8 Å². The number of aromatic nitrogens is 1. The molecule has 0 spiro atoms. The lowest BCUT2D eigenvalue weighted by Crippen LogP contribution is -2.48. The SMILES string of the molecule is C=CCN(CC=C)C(=O)[C@@H](CC(=O)NCCCC)NCc1cc(C(=O)O)ccn1. The second-order valence-corrected chi connectivity index (χ2v) is 6.50. The highest BCUT2D eigenvalue weighted by atomic mass is 16.4. The summed E-state index contributed by atoms with van der Waals surface area (Å²) in [5.41, 5.74) is 0.574. The number of nitrogens with zero attached hydrogens (tertiary/aromatic N) is 2. The summed E-state index contributed by atoms with van der Waals surface area (Å²) in [7, 11) is 0. The maximum atomic E-state index is 13.0. The van der Waals surface area contributed by atoms with E-state index >= 15 is 0 Å². The predicted molar refractivity (Wildman–Crippen MR) is 111 cm³/mol. The van der Waals surface area contributed by atoms with Crippen LogP contribution in [0.1, 0.15) is 42.2 Å². The molecule has 1 heterocycles. The molecule has 0 saturated heterocycles. The van der Waals surface area contributed by atoms with Crippen molar-refractivity contribution in [3.8, 4) is 0 Å². The summed E-state index contributed by atoms with van der Waals surface area (Å²) in [6.07, 6.45) is 6.40. The zero-order valence-electron chi connectivity index (χ0n) is 16.9. The van der Waals surface area contributed by atoms with Gasteiger partial charge in [0.25, 0.3) is 0 Å². The van der Waals surface area contributed by atoms with Crippen molar-refractivity contribution in [2.24, 2.45) is 0 Å². The highest BCUT2D eigenvalue weighted by molar-refractivity contribution is 5.89. The fourth-order valence-corrected chi connectivity index (χ4v) is 2.63. The summed E-state index contributed by atoms with van der Waals surface area (Å²) < 4.78 is 0. The molecule has 8 heteroatoms. The second kappa shape index (κ2) is 13.2. The van der Waals surface area contributed by atoms with Crippen LogP contribution in [0.25, 0.3) is 0 Å². The van der Waals surface area contributed by atoms with Crippen molar-refractivity contribution >= 4 is 17.8 Å². The van der Waals surface area contributed by atoms with Crippen LogP contribution in [0.5, 0.6) is 0 Å². The van der Waals surface area contributed by atoms with E-state index in [0.29, 0.717) is 25.3 Å². The monoisotopic (exact) mass is 402 g/mol. The van der Waals surface area contributed by atoms with E-state index in [1.807, 2.05) is 6.92 Å². The van der Waals surface area contributed by atoms with Gasteiger partial charge in [-0.15, -0.1) is 13.2 Å². The van der Waals surface area contributed by atoms with Crippen molar-refractivity contribution < 1.29 is 19.5 Å². The number of carbonyl (C=O) groups is 3. The molecule has 3 N–H and O–H groups in total. The minimum atomic E-state index is -1.06. The van der Waals surface area contributed by atoms with Crippen molar-refractivity contribution in [2.75, 3.05) is 19.6 Å². The molecule has 0 aliphatic rings. The molecule has 8 nitrogen and oxygen atoms in total. The third-order valence-corrected chi connectivity index (χ3v) is 4.14. The molecule has 1 rings (SSSR count). The number of carbonyl (C=O) groups excluding carboxylic acids is 2. The van der Waals surface area contributed by atoms with Crippen molar-refractivity contribution in [1.29, 1.82) is 0 Å². The first-order valence-corrected chi connectivity index (χ1v) is 9.61. The minimum absolute atomic E-state index is 0.0358. The molecule has 1 aromatic heterocycles. The van der Waals surface area contributed by atoms with Gasteiger partial charge in [0.05, 0.1) is 23.7 Å². The molecule has 0 unspecified atom stereocenters. The zero-order valence-corrected chi connectivity index (χ0v) is 16.9. The van der Waals surface area contributed by atoms with E-state index in [1.54, 1.807) is 12.2 Å². The zero-order chi connectivity index (χ0) is 21.6. The fourth-order valence-electron chi connectivity index (χ4n) is 2.63. The Kier molecular flexibility index (Phi) is 11.0. The first-order valence-electron chi connectivity index (χ1n) is 9.61.